The van der Waals surface area contributed by atoms with E-state index in [4.69, 9.17) is 4.74 Å². The van der Waals surface area contributed by atoms with Gasteiger partial charge >= 0.3 is 0 Å². The molecule has 1 aliphatic heterocycles. The largest absolute Gasteiger partial charge is 0.388 e. The molecular formula is C12H23NO3. The van der Waals surface area contributed by atoms with E-state index in [1.54, 1.807) is 25.9 Å². The predicted octanol–water partition coefficient (Wildman–Crippen LogP) is 1.17. The Hall–Kier alpha value is -0.610. The summed E-state index contributed by atoms with van der Waals surface area (Å²) >= 11 is 0. The zero-order chi connectivity index (χ0) is 12.4. The lowest BCUT2D eigenvalue weighted by molar-refractivity contribution is -0.159. The van der Waals surface area contributed by atoms with Crippen molar-refractivity contribution in [2.45, 2.75) is 51.2 Å². The molecule has 16 heavy (non-hydrogen) atoms. The highest BCUT2D eigenvalue weighted by Crippen LogP contribution is 2.25. The molecule has 1 rings (SSSR count). The van der Waals surface area contributed by atoms with Crippen LogP contribution in [0.1, 0.15) is 40.0 Å². The van der Waals surface area contributed by atoms with Crippen molar-refractivity contribution in [1.82, 2.24) is 4.90 Å². The highest BCUT2D eigenvalue weighted by atomic mass is 16.5. The van der Waals surface area contributed by atoms with Gasteiger partial charge in [0.05, 0.1) is 5.60 Å². The molecule has 1 N–H and O–H groups in total. The molecule has 1 amide bonds. The summed E-state index contributed by atoms with van der Waals surface area (Å²) in [6.45, 7) is 6.64. The number of methoxy groups -OCH3 is 1. The fourth-order valence-electron chi connectivity index (χ4n) is 2.11. The molecule has 0 aromatic carbocycles. The second kappa shape index (κ2) is 4.72. The molecule has 4 heteroatoms. The number of rotatable bonds is 3. The van der Waals surface area contributed by atoms with Crippen LogP contribution >= 0.6 is 0 Å². The van der Waals surface area contributed by atoms with Crippen molar-refractivity contribution in [3.8, 4) is 0 Å². The van der Waals surface area contributed by atoms with Crippen LogP contribution in [0.25, 0.3) is 0 Å². The number of carbonyl (C=O) groups is 1. The van der Waals surface area contributed by atoms with Gasteiger partial charge in [0, 0.05) is 20.2 Å². The van der Waals surface area contributed by atoms with Gasteiger partial charge < -0.3 is 14.7 Å². The fourth-order valence-corrected chi connectivity index (χ4v) is 2.11. The molecule has 1 aliphatic rings. The number of nitrogens with zero attached hydrogens (tertiary/aromatic N) is 1. The first-order valence-electron chi connectivity index (χ1n) is 5.91. The number of β-amino-alcohol motifs (C(OH)–C–C–N with tert-alkyl or cyclic N) is 1. The Balaban J connectivity index is 2.74. The Morgan fingerprint density at radius 1 is 1.62 bits per heavy atom. The Bertz CT molecular complexity index is 259. The first-order valence-corrected chi connectivity index (χ1v) is 5.91. The maximum Gasteiger partial charge on any atom is 0.254 e. The Morgan fingerprint density at radius 3 is 2.69 bits per heavy atom. The number of hydrogen-bond donors (Lipinski definition) is 1. The van der Waals surface area contributed by atoms with Crippen LogP contribution in [-0.2, 0) is 9.53 Å². The summed E-state index contributed by atoms with van der Waals surface area (Å²) in [6, 6.07) is 0. The van der Waals surface area contributed by atoms with Crippen molar-refractivity contribution in [3.05, 3.63) is 0 Å². The number of carbonyl (C=O) groups excluding carboxylic acids is 1. The van der Waals surface area contributed by atoms with Gasteiger partial charge in [0.15, 0.2) is 0 Å². The maximum absolute atomic E-state index is 12.3. The Kier molecular flexibility index (Phi) is 3.97. The number of piperidine rings is 1. The molecule has 0 aromatic heterocycles. The van der Waals surface area contributed by atoms with Gasteiger partial charge in [-0.1, -0.05) is 6.92 Å². The first kappa shape index (κ1) is 13.5. The third-order valence-corrected chi connectivity index (χ3v) is 3.54. The van der Waals surface area contributed by atoms with Gasteiger partial charge in [-0.3, -0.25) is 4.79 Å². The van der Waals surface area contributed by atoms with Crippen LogP contribution in [0.15, 0.2) is 0 Å². The maximum atomic E-state index is 12.3. The van der Waals surface area contributed by atoms with Crippen LogP contribution in [0.4, 0.5) is 0 Å². The molecule has 0 saturated carbocycles. The highest BCUT2D eigenvalue weighted by molar-refractivity contribution is 5.85. The number of ether oxygens (including phenoxy) is 1. The van der Waals surface area contributed by atoms with Crippen molar-refractivity contribution in [3.63, 3.8) is 0 Å². The summed E-state index contributed by atoms with van der Waals surface area (Å²) in [5.41, 5.74) is -1.51. The molecule has 2 atom stereocenters. The van der Waals surface area contributed by atoms with Gasteiger partial charge in [-0.15, -0.1) is 0 Å². The lowest BCUT2D eigenvalue weighted by atomic mass is 9.92. The van der Waals surface area contributed by atoms with Crippen LogP contribution in [0, 0.1) is 0 Å². The normalized spacial score (nSPS) is 29.9. The minimum Gasteiger partial charge on any atom is -0.388 e. The molecule has 0 spiro atoms. The third-order valence-electron chi connectivity index (χ3n) is 3.54. The molecule has 1 saturated heterocycles. The SMILES string of the molecule is CCC(C)(OC)C(=O)N1CCCC(C)(O)C1. The summed E-state index contributed by atoms with van der Waals surface area (Å²) in [6.07, 6.45) is 2.25. The van der Waals surface area contributed by atoms with Crippen LogP contribution in [0.5, 0.6) is 0 Å². The average molecular weight is 229 g/mol. The van der Waals surface area contributed by atoms with E-state index < -0.39 is 11.2 Å². The fraction of sp³-hybridized carbons (Fsp3) is 0.917. The van der Waals surface area contributed by atoms with E-state index in [1.807, 2.05) is 6.92 Å². The molecule has 4 nitrogen and oxygen atoms in total. The van der Waals surface area contributed by atoms with Gasteiger partial charge in [-0.25, -0.2) is 0 Å². The molecule has 2 unspecified atom stereocenters. The van der Waals surface area contributed by atoms with Crippen LogP contribution in [-0.4, -0.2) is 47.3 Å². The Labute approximate surface area is 97.6 Å². The molecule has 0 aliphatic carbocycles. The summed E-state index contributed by atoms with van der Waals surface area (Å²) in [4.78, 5) is 14.0. The van der Waals surface area contributed by atoms with Gasteiger partial charge in [0.1, 0.15) is 5.60 Å². The third kappa shape index (κ3) is 2.74. The topological polar surface area (TPSA) is 49.8 Å². The molecular weight excluding hydrogens is 206 g/mol. The summed E-state index contributed by atoms with van der Waals surface area (Å²) in [5.74, 6) is -0.0162. The quantitative estimate of drug-likeness (QED) is 0.790. The zero-order valence-corrected chi connectivity index (χ0v) is 10.7. The number of amides is 1. The first-order chi connectivity index (χ1) is 7.34. The van der Waals surface area contributed by atoms with E-state index in [2.05, 4.69) is 0 Å². The second-order valence-corrected chi connectivity index (χ2v) is 5.12. The minimum atomic E-state index is -0.757. The van der Waals surface area contributed by atoms with E-state index in [0.717, 1.165) is 12.8 Å². The van der Waals surface area contributed by atoms with Gasteiger partial charge in [-0.05, 0) is 33.1 Å². The van der Waals surface area contributed by atoms with Crippen molar-refractivity contribution in [1.29, 1.82) is 0 Å². The summed E-state index contributed by atoms with van der Waals surface area (Å²) in [5, 5.41) is 9.97. The van der Waals surface area contributed by atoms with Crippen molar-refractivity contribution < 1.29 is 14.6 Å². The predicted molar refractivity (Wildman–Crippen MR) is 62.1 cm³/mol. The molecule has 1 heterocycles. The standard InChI is InChI=1S/C12H23NO3/c1-5-12(3,16-4)10(14)13-8-6-7-11(2,15)9-13/h15H,5-9H2,1-4H3. The minimum absolute atomic E-state index is 0.0162. The monoisotopic (exact) mass is 229 g/mol. The molecule has 94 valence electrons. The van der Waals surface area contributed by atoms with Gasteiger partial charge in [0.25, 0.3) is 5.91 Å². The number of likely N-dealkylation sites (tertiary alicyclic amines) is 1. The van der Waals surface area contributed by atoms with Crippen molar-refractivity contribution in [2.24, 2.45) is 0 Å². The summed E-state index contributed by atoms with van der Waals surface area (Å²) in [7, 11) is 1.56. The molecule has 1 fully saturated rings. The van der Waals surface area contributed by atoms with Crippen molar-refractivity contribution in [2.75, 3.05) is 20.2 Å². The number of aliphatic hydroxyl groups is 1. The lowest BCUT2D eigenvalue weighted by Gasteiger charge is -2.40. The van der Waals surface area contributed by atoms with E-state index in [0.29, 0.717) is 19.5 Å². The molecule has 0 aromatic rings. The second-order valence-electron chi connectivity index (χ2n) is 5.12. The van der Waals surface area contributed by atoms with Gasteiger partial charge in [-0.2, -0.15) is 0 Å². The molecule has 0 bridgehead atoms. The number of hydrogen-bond acceptors (Lipinski definition) is 3. The highest BCUT2D eigenvalue weighted by Gasteiger charge is 2.39. The molecule has 0 radical (unpaired) electrons. The van der Waals surface area contributed by atoms with Crippen LogP contribution in [0.2, 0.25) is 0 Å². The van der Waals surface area contributed by atoms with E-state index in [-0.39, 0.29) is 5.91 Å². The van der Waals surface area contributed by atoms with Gasteiger partial charge in [0.2, 0.25) is 0 Å². The average Bonchev–Trinajstić information content (AvgIpc) is 2.25. The van der Waals surface area contributed by atoms with E-state index >= 15 is 0 Å². The Morgan fingerprint density at radius 2 is 2.25 bits per heavy atom. The lowest BCUT2D eigenvalue weighted by Crippen LogP contribution is -2.55. The van der Waals surface area contributed by atoms with E-state index in [9.17, 15) is 9.90 Å². The smallest absolute Gasteiger partial charge is 0.254 e. The zero-order valence-electron chi connectivity index (χ0n) is 10.7. The van der Waals surface area contributed by atoms with Crippen molar-refractivity contribution >= 4 is 5.91 Å². The van der Waals surface area contributed by atoms with E-state index in [1.165, 1.54) is 0 Å². The van der Waals surface area contributed by atoms with Crippen LogP contribution < -0.4 is 0 Å². The summed E-state index contributed by atoms with van der Waals surface area (Å²) < 4.78 is 5.30. The van der Waals surface area contributed by atoms with Crippen LogP contribution in [0.3, 0.4) is 0 Å².